The number of rotatable bonds is 3. The molecule has 1 fully saturated rings. The Balaban J connectivity index is 2.18. The molecule has 0 spiro atoms. The van der Waals surface area contributed by atoms with Crippen LogP contribution in [0.5, 0.6) is 0 Å². The summed E-state index contributed by atoms with van der Waals surface area (Å²) in [6.07, 6.45) is 0.698. The molecule has 21 heavy (non-hydrogen) atoms. The first-order valence-electron chi connectivity index (χ1n) is 6.64. The summed E-state index contributed by atoms with van der Waals surface area (Å²) in [6.45, 7) is 3.84. The molecule has 2 rings (SSSR count). The number of nitrogens with one attached hydrogen (secondary N) is 1. The minimum Gasteiger partial charge on any atom is -0.480 e. The van der Waals surface area contributed by atoms with E-state index < -0.39 is 18.0 Å². The van der Waals surface area contributed by atoms with E-state index in [-0.39, 0.29) is 5.37 Å². The Kier molecular flexibility index (Phi) is 5.00. The number of anilines is 1. The van der Waals surface area contributed by atoms with Gasteiger partial charge in [0.15, 0.2) is 0 Å². The summed E-state index contributed by atoms with van der Waals surface area (Å²) in [5.41, 5.74) is 1.48. The van der Waals surface area contributed by atoms with Crippen LogP contribution in [-0.4, -0.2) is 39.2 Å². The van der Waals surface area contributed by atoms with Gasteiger partial charge in [0.2, 0.25) is 0 Å². The highest BCUT2D eigenvalue weighted by Gasteiger charge is 2.40. The molecule has 1 aliphatic rings. The average molecular weight is 329 g/mol. The fourth-order valence-corrected chi connectivity index (χ4v) is 3.87. The topological polar surface area (TPSA) is 69.6 Å². The molecule has 0 saturated carbocycles. The van der Waals surface area contributed by atoms with Crippen molar-refractivity contribution >= 4 is 41.1 Å². The number of thioether (sulfide) groups is 1. The van der Waals surface area contributed by atoms with Gasteiger partial charge in [-0.15, -0.1) is 11.8 Å². The summed E-state index contributed by atoms with van der Waals surface area (Å²) >= 11 is 7.58. The lowest BCUT2D eigenvalue weighted by Crippen LogP contribution is -2.47. The average Bonchev–Trinajstić information content (AvgIpc) is 2.86. The standard InChI is InChI=1S/C14H17ClN2O3S/c1-3-12-17(11(7-21-12)13(18)19)14(20)16-10-5-4-8(2)6-9(10)15/h4-6,11-12H,3,7H2,1-2H3,(H,16,20)(H,18,19). The number of amides is 2. The number of hydrogen-bond donors (Lipinski definition) is 2. The second-order valence-electron chi connectivity index (χ2n) is 4.87. The van der Waals surface area contributed by atoms with Crippen LogP contribution in [0.3, 0.4) is 0 Å². The number of aliphatic carboxylic acids is 1. The van der Waals surface area contributed by atoms with E-state index in [1.165, 1.54) is 16.7 Å². The Morgan fingerprint density at radius 1 is 1.52 bits per heavy atom. The Labute approximate surface area is 132 Å². The molecule has 114 valence electrons. The van der Waals surface area contributed by atoms with Gasteiger partial charge >= 0.3 is 12.0 Å². The highest BCUT2D eigenvalue weighted by molar-refractivity contribution is 8.00. The Hall–Kier alpha value is -1.40. The van der Waals surface area contributed by atoms with Crippen LogP contribution in [0.4, 0.5) is 10.5 Å². The molecule has 2 atom stereocenters. The molecule has 1 heterocycles. The maximum Gasteiger partial charge on any atom is 0.327 e. The zero-order valence-electron chi connectivity index (χ0n) is 11.8. The Morgan fingerprint density at radius 3 is 2.81 bits per heavy atom. The summed E-state index contributed by atoms with van der Waals surface area (Å²) in [5, 5.41) is 12.3. The molecule has 0 aliphatic carbocycles. The van der Waals surface area contributed by atoms with Gasteiger partial charge in [-0.3, -0.25) is 4.90 Å². The second-order valence-corrected chi connectivity index (χ2v) is 6.49. The van der Waals surface area contributed by atoms with E-state index in [4.69, 9.17) is 11.6 Å². The van der Waals surface area contributed by atoms with Gasteiger partial charge in [-0.1, -0.05) is 24.6 Å². The quantitative estimate of drug-likeness (QED) is 0.892. The number of hydrogen-bond acceptors (Lipinski definition) is 3. The number of carbonyl (C=O) groups is 2. The van der Waals surface area contributed by atoms with E-state index in [0.717, 1.165) is 5.56 Å². The van der Waals surface area contributed by atoms with Crippen molar-refractivity contribution in [2.45, 2.75) is 31.7 Å². The van der Waals surface area contributed by atoms with E-state index in [0.29, 0.717) is 22.9 Å². The maximum atomic E-state index is 12.4. The molecule has 7 heteroatoms. The number of carboxylic acid groups (broad SMARTS) is 1. The van der Waals surface area contributed by atoms with E-state index >= 15 is 0 Å². The molecule has 2 unspecified atom stereocenters. The first-order chi connectivity index (χ1) is 9.93. The number of urea groups is 1. The fourth-order valence-electron chi connectivity index (χ4n) is 2.24. The summed E-state index contributed by atoms with van der Waals surface area (Å²) in [7, 11) is 0. The molecule has 2 amide bonds. The van der Waals surface area contributed by atoms with Crippen LogP contribution in [0.2, 0.25) is 5.02 Å². The van der Waals surface area contributed by atoms with Crippen LogP contribution in [0, 0.1) is 6.92 Å². The first-order valence-corrected chi connectivity index (χ1v) is 8.06. The predicted molar refractivity (Wildman–Crippen MR) is 85.0 cm³/mol. The SMILES string of the molecule is CCC1SCC(C(=O)O)N1C(=O)Nc1ccc(C)cc1Cl. The van der Waals surface area contributed by atoms with Gasteiger partial charge in [0.25, 0.3) is 0 Å². The van der Waals surface area contributed by atoms with Gasteiger partial charge < -0.3 is 10.4 Å². The smallest absolute Gasteiger partial charge is 0.327 e. The number of nitrogens with zero attached hydrogens (tertiary/aromatic N) is 1. The van der Waals surface area contributed by atoms with Gasteiger partial charge in [0.05, 0.1) is 16.1 Å². The Morgan fingerprint density at radius 2 is 2.24 bits per heavy atom. The minimum atomic E-state index is -0.983. The molecule has 5 nitrogen and oxygen atoms in total. The van der Waals surface area contributed by atoms with Crippen LogP contribution in [0.1, 0.15) is 18.9 Å². The first kappa shape index (κ1) is 16.0. The highest BCUT2D eigenvalue weighted by atomic mass is 35.5. The van der Waals surface area contributed by atoms with Crippen LogP contribution in [-0.2, 0) is 4.79 Å². The molecule has 1 saturated heterocycles. The van der Waals surface area contributed by atoms with Crippen LogP contribution in [0.25, 0.3) is 0 Å². The Bertz CT molecular complexity index is 567. The van der Waals surface area contributed by atoms with Crippen LogP contribution in [0.15, 0.2) is 18.2 Å². The summed E-state index contributed by atoms with van der Waals surface area (Å²) in [5.74, 6) is -0.577. The molecule has 0 aromatic heterocycles. The monoisotopic (exact) mass is 328 g/mol. The lowest BCUT2D eigenvalue weighted by atomic mass is 10.2. The number of carbonyl (C=O) groups excluding carboxylic acids is 1. The zero-order valence-corrected chi connectivity index (χ0v) is 13.4. The largest absolute Gasteiger partial charge is 0.480 e. The molecule has 0 radical (unpaired) electrons. The van der Waals surface area contributed by atoms with Crippen molar-refractivity contribution in [3.8, 4) is 0 Å². The fraction of sp³-hybridized carbons (Fsp3) is 0.429. The van der Waals surface area contributed by atoms with E-state index in [1.54, 1.807) is 12.1 Å². The summed E-state index contributed by atoms with van der Waals surface area (Å²) in [6, 6.07) is 4.08. The van der Waals surface area contributed by atoms with Gasteiger partial charge in [-0.05, 0) is 31.0 Å². The van der Waals surface area contributed by atoms with Crippen LogP contribution < -0.4 is 5.32 Å². The number of carboxylic acids is 1. The van der Waals surface area contributed by atoms with Crippen molar-refractivity contribution in [3.63, 3.8) is 0 Å². The summed E-state index contributed by atoms with van der Waals surface area (Å²) in [4.78, 5) is 25.1. The zero-order chi connectivity index (χ0) is 15.6. The van der Waals surface area contributed by atoms with Crippen molar-refractivity contribution < 1.29 is 14.7 Å². The predicted octanol–water partition coefficient (Wildman–Crippen LogP) is 3.42. The molecular formula is C14H17ClN2O3S. The van der Waals surface area contributed by atoms with Crippen LogP contribution >= 0.6 is 23.4 Å². The lowest BCUT2D eigenvalue weighted by molar-refractivity contribution is -0.141. The van der Waals surface area contributed by atoms with E-state index in [1.807, 2.05) is 19.9 Å². The van der Waals surface area contributed by atoms with Gasteiger partial charge in [-0.2, -0.15) is 0 Å². The third-order valence-electron chi connectivity index (χ3n) is 3.33. The lowest BCUT2D eigenvalue weighted by Gasteiger charge is -2.27. The van der Waals surface area contributed by atoms with Crippen molar-refractivity contribution in [1.82, 2.24) is 4.90 Å². The molecule has 2 N–H and O–H groups in total. The molecule has 1 aromatic rings. The maximum absolute atomic E-state index is 12.4. The highest BCUT2D eigenvalue weighted by Crippen LogP contribution is 2.32. The van der Waals surface area contributed by atoms with Crippen molar-refractivity contribution in [2.75, 3.05) is 11.1 Å². The number of benzene rings is 1. The van der Waals surface area contributed by atoms with E-state index in [2.05, 4.69) is 5.32 Å². The van der Waals surface area contributed by atoms with E-state index in [9.17, 15) is 14.7 Å². The number of halogens is 1. The molecule has 1 aromatic carbocycles. The summed E-state index contributed by atoms with van der Waals surface area (Å²) < 4.78 is 0. The van der Waals surface area contributed by atoms with Gasteiger partial charge in [0, 0.05) is 5.75 Å². The molecular weight excluding hydrogens is 312 g/mol. The second kappa shape index (κ2) is 6.58. The molecule has 0 bridgehead atoms. The number of aryl methyl sites for hydroxylation is 1. The third kappa shape index (κ3) is 3.44. The van der Waals surface area contributed by atoms with Crippen molar-refractivity contribution in [1.29, 1.82) is 0 Å². The normalized spacial score (nSPS) is 21.4. The van der Waals surface area contributed by atoms with Crippen molar-refractivity contribution in [2.24, 2.45) is 0 Å². The van der Waals surface area contributed by atoms with Gasteiger partial charge in [-0.25, -0.2) is 9.59 Å². The molecule has 1 aliphatic heterocycles. The van der Waals surface area contributed by atoms with Gasteiger partial charge in [0.1, 0.15) is 6.04 Å². The third-order valence-corrected chi connectivity index (χ3v) is 5.09. The van der Waals surface area contributed by atoms with Crippen molar-refractivity contribution in [3.05, 3.63) is 28.8 Å². The minimum absolute atomic E-state index is 0.129.